The van der Waals surface area contributed by atoms with Crippen LogP contribution in [-0.2, 0) is 16.2 Å². The second-order valence-electron chi connectivity index (χ2n) is 4.77. The highest BCUT2D eigenvalue weighted by Crippen LogP contribution is 2.37. The smallest absolute Gasteiger partial charge is 0.251 e. The summed E-state index contributed by atoms with van der Waals surface area (Å²) in [6, 6.07) is 9.86. The van der Waals surface area contributed by atoms with Crippen LogP contribution in [0.4, 0.5) is 0 Å². The predicted octanol–water partition coefficient (Wildman–Crippen LogP) is 2.38. The molecule has 1 aromatic carbocycles. The first-order valence-corrected chi connectivity index (χ1v) is 5.54. The molecule has 86 valence electrons. The molecule has 0 spiro atoms. The van der Waals surface area contributed by atoms with Crippen molar-refractivity contribution >= 4 is 5.91 Å². The molecule has 1 aliphatic heterocycles. The van der Waals surface area contributed by atoms with Crippen LogP contribution in [0, 0.1) is 5.92 Å². The molecule has 3 nitrogen and oxygen atoms in total. The van der Waals surface area contributed by atoms with Crippen molar-refractivity contribution in [2.75, 3.05) is 0 Å². The van der Waals surface area contributed by atoms with Crippen LogP contribution in [0.25, 0.3) is 0 Å². The summed E-state index contributed by atoms with van der Waals surface area (Å²) in [6.07, 6.45) is 0. The molecule has 1 aliphatic rings. The molecule has 1 heterocycles. The van der Waals surface area contributed by atoms with Crippen LogP contribution >= 0.6 is 0 Å². The van der Waals surface area contributed by atoms with Gasteiger partial charge in [-0.05, 0) is 19.4 Å². The average Bonchev–Trinajstić information content (AvgIpc) is 2.29. The van der Waals surface area contributed by atoms with Crippen molar-refractivity contribution in [2.45, 2.75) is 32.9 Å². The number of carbonyl (C=O) groups excluding carboxylic acids is 1. The lowest BCUT2D eigenvalue weighted by Gasteiger charge is -2.50. The minimum Gasteiger partial charge on any atom is -0.272 e. The van der Waals surface area contributed by atoms with Gasteiger partial charge in [0.2, 0.25) is 0 Å². The van der Waals surface area contributed by atoms with Crippen molar-refractivity contribution in [3.8, 4) is 0 Å². The molecule has 0 N–H and O–H groups in total. The zero-order valence-corrected chi connectivity index (χ0v) is 9.93. The molecule has 1 fully saturated rings. The summed E-state index contributed by atoms with van der Waals surface area (Å²) in [4.78, 5) is 17.1. The van der Waals surface area contributed by atoms with E-state index in [0.717, 1.165) is 5.56 Å². The third-order valence-corrected chi connectivity index (χ3v) is 3.36. The largest absolute Gasteiger partial charge is 0.272 e. The molecule has 0 unspecified atom stereocenters. The van der Waals surface area contributed by atoms with Gasteiger partial charge in [0.05, 0.1) is 11.5 Å². The van der Waals surface area contributed by atoms with Gasteiger partial charge >= 0.3 is 0 Å². The van der Waals surface area contributed by atoms with E-state index in [1.165, 1.54) is 5.06 Å². The molecule has 1 saturated heterocycles. The van der Waals surface area contributed by atoms with Crippen molar-refractivity contribution in [3.05, 3.63) is 35.9 Å². The highest BCUT2D eigenvalue weighted by Gasteiger charge is 2.52. The highest BCUT2D eigenvalue weighted by atomic mass is 16.7. The first-order chi connectivity index (χ1) is 7.53. The van der Waals surface area contributed by atoms with Crippen LogP contribution in [0.5, 0.6) is 0 Å². The molecule has 0 radical (unpaired) electrons. The molecule has 0 aromatic heterocycles. The topological polar surface area (TPSA) is 29.5 Å². The number of rotatable bonds is 3. The summed E-state index contributed by atoms with van der Waals surface area (Å²) in [7, 11) is 0. The number of nitrogens with zero attached hydrogens (tertiary/aromatic N) is 1. The molecule has 1 atom stereocenters. The Morgan fingerprint density at radius 3 is 2.50 bits per heavy atom. The van der Waals surface area contributed by atoms with E-state index in [9.17, 15) is 4.79 Å². The number of hydrogen-bond donors (Lipinski definition) is 0. The van der Waals surface area contributed by atoms with Gasteiger partial charge in [-0.25, -0.2) is 5.06 Å². The van der Waals surface area contributed by atoms with E-state index in [4.69, 9.17) is 4.84 Å². The Labute approximate surface area is 96.0 Å². The summed E-state index contributed by atoms with van der Waals surface area (Å²) in [5.41, 5.74) is 0.886. The summed E-state index contributed by atoms with van der Waals surface area (Å²) in [6.45, 7) is 6.42. The standard InChI is InChI=1S/C13H17NO2/c1-10-12(15)14(13(10,2)3)16-9-11-7-5-4-6-8-11/h4-8,10H,9H2,1-3H3/t10-/m1/s1. The molecule has 0 bridgehead atoms. The fourth-order valence-electron chi connectivity index (χ4n) is 1.82. The highest BCUT2D eigenvalue weighted by molar-refractivity contribution is 5.86. The third-order valence-electron chi connectivity index (χ3n) is 3.36. The average molecular weight is 219 g/mol. The van der Waals surface area contributed by atoms with Crippen LogP contribution in [0.15, 0.2) is 30.3 Å². The van der Waals surface area contributed by atoms with E-state index in [-0.39, 0.29) is 17.4 Å². The second kappa shape index (κ2) is 3.91. The molecule has 1 aromatic rings. The van der Waals surface area contributed by atoms with Gasteiger partial charge in [-0.1, -0.05) is 37.3 Å². The van der Waals surface area contributed by atoms with E-state index < -0.39 is 0 Å². The van der Waals surface area contributed by atoms with Gasteiger partial charge in [0.1, 0.15) is 6.61 Å². The van der Waals surface area contributed by atoms with Crippen LogP contribution in [0.2, 0.25) is 0 Å². The van der Waals surface area contributed by atoms with Crippen molar-refractivity contribution in [3.63, 3.8) is 0 Å². The van der Waals surface area contributed by atoms with E-state index in [1.807, 2.05) is 51.1 Å². The maximum atomic E-state index is 11.6. The van der Waals surface area contributed by atoms with E-state index in [0.29, 0.717) is 6.61 Å². The molecule has 2 rings (SSSR count). The molecule has 0 saturated carbocycles. The first-order valence-electron chi connectivity index (χ1n) is 5.54. The molecule has 16 heavy (non-hydrogen) atoms. The van der Waals surface area contributed by atoms with Crippen molar-refractivity contribution < 1.29 is 9.63 Å². The Balaban J connectivity index is 1.95. The Hall–Kier alpha value is -1.35. The number of benzene rings is 1. The zero-order valence-electron chi connectivity index (χ0n) is 9.93. The number of hydroxylamine groups is 2. The van der Waals surface area contributed by atoms with Gasteiger partial charge in [-0.2, -0.15) is 0 Å². The minimum absolute atomic E-state index is 0.0447. The number of hydrogen-bond acceptors (Lipinski definition) is 2. The maximum Gasteiger partial charge on any atom is 0.251 e. The van der Waals surface area contributed by atoms with Crippen molar-refractivity contribution in [2.24, 2.45) is 5.92 Å². The Morgan fingerprint density at radius 1 is 1.31 bits per heavy atom. The fraction of sp³-hybridized carbons (Fsp3) is 0.462. The van der Waals surface area contributed by atoms with E-state index in [2.05, 4.69) is 0 Å². The van der Waals surface area contributed by atoms with Crippen molar-refractivity contribution in [1.82, 2.24) is 5.06 Å². The molecule has 0 aliphatic carbocycles. The summed E-state index contributed by atoms with van der Waals surface area (Å²) < 4.78 is 0. The summed E-state index contributed by atoms with van der Waals surface area (Å²) >= 11 is 0. The van der Waals surface area contributed by atoms with Crippen LogP contribution in [-0.4, -0.2) is 16.5 Å². The maximum absolute atomic E-state index is 11.6. The monoisotopic (exact) mass is 219 g/mol. The fourth-order valence-corrected chi connectivity index (χ4v) is 1.82. The Bertz CT molecular complexity index is 386. The summed E-state index contributed by atoms with van der Waals surface area (Å²) in [5, 5.41) is 1.49. The van der Waals surface area contributed by atoms with E-state index >= 15 is 0 Å². The normalized spacial score (nSPS) is 23.1. The van der Waals surface area contributed by atoms with Gasteiger partial charge in [-0.15, -0.1) is 0 Å². The summed E-state index contributed by atoms with van der Waals surface area (Å²) in [5.74, 6) is 0.115. The molecular formula is C13H17NO2. The molecular weight excluding hydrogens is 202 g/mol. The number of carbonyl (C=O) groups is 1. The lowest BCUT2D eigenvalue weighted by molar-refractivity contribution is -0.270. The first kappa shape index (κ1) is 11.1. The van der Waals surface area contributed by atoms with E-state index in [1.54, 1.807) is 0 Å². The Morgan fingerprint density at radius 2 is 1.94 bits per heavy atom. The van der Waals surface area contributed by atoms with Gasteiger partial charge in [0.25, 0.3) is 5.91 Å². The quantitative estimate of drug-likeness (QED) is 0.730. The van der Waals surface area contributed by atoms with Gasteiger partial charge in [-0.3, -0.25) is 9.63 Å². The van der Waals surface area contributed by atoms with Gasteiger partial charge in [0.15, 0.2) is 0 Å². The number of amides is 1. The second-order valence-corrected chi connectivity index (χ2v) is 4.77. The number of β-lactam (4-membered cyclic amide) rings is 1. The Kier molecular flexibility index (Phi) is 2.72. The van der Waals surface area contributed by atoms with Crippen LogP contribution in [0.1, 0.15) is 26.3 Å². The van der Waals surface area contributed by atoms with Crippen LogP contribution < -0.4 is 0 Å². The zero-order chi connectivity index (χ0) is 11.8. The van der Waals surface area contributed by atoms with Crippen LogP contribution in [0.3, 0.4) is 0 Å². The molecule has 3 heteroatoms. The predicted molar refractivity (Wildman–Crippen MR) is 61.3 cm³/mol. The van der Waals surface area contributed by atoms with Gasteiger partial charge < -0.3 is 0 Å². The lowest BCUT2D eigenvalue weighted by Crippen LogP contribution is -2.66. The SMILES string of the molecule is C[C@@H]1C(=O)N(OCc2ccccc2)C1(C)C. The molecule has 1 amide bonds. The third kappa shape index (κ3) is 1.71. The minimum atomic E-state index is -0.189. The lowest BCUT2D eigenvalue weighted by atomic mass is 9.80. The van der Waals surface area contributed by atoms with Gasteiger partial charge in [0, 0.05) is 0 Å². The van der Waals surface area contributed by atoms with Crippen molar-refractivity contribution in [1.29, 1.82) is 0 Å².